The minimum atomic E-state index is -0.398. The zero-order valence-electron chi connectivity index (χ0n) is 16.8. The molecule has 0 spiro atoms. The van der Waals surface area contributed by atoms with Gasteiger partial charge in [-0.1, -0.05) is 17.4 Å². The molecule has 0 saturated heterocycles. The molecule has 0 saturated carbocycles. The summed E-state index contributed by atoms with van der Waals surface area (Å²) in [6, 6.07) is 13.0. The fraction of sp³-hybridized carbons (Fsp3) is 0.227. The Morgan fingerprint density at radius 1 is 1.20 bits per heavy atom. The minimum absolute atomic E-state index is 0.187. The average molecular weight is 443 g/mol. The second-order valence-electron chi connectivity index (χ2n) is 6.24. The first-order valence-electron chi connectivity index (χ1n) is 9.22. The number of ether oxygens (including phenoxy) is 2. The van der Waals surface area contributed by atoms with Crippen LogP contribution >= 0.6 is 23.1 Å². The van der Waals surface area contributed by atoms with E-state index in [2.05, 4.69) is 11.6 Å². The van der Waals surface area contributed by atoms with Crippen molar-refractivity contribution in [3.63, 3.8) is 0 Å². The molecule has 0 N–H and O–H groups in total. The monoisotopic (exact) mass is 442 g/mol. The lowest BCUT2D eigenvalue weighted by molar-refractivity contribution is -0.117. The van der Waals surface area contributed by atoms with Gasteiger partial charge in [0.25, 0.3) is 0 Å². The molecule has 0 fully saturated rings. The van der Waals surface area contributed by atoms with Gasteiger partial charge < -0.3 is 14.0 Å². The summed E-state index contributed by atoms with van der Waals surface area (Å²) in [7, 11) is 2.98. The van der Waals surface area contributed by atoms with Gasteiger partial charge in [0.15, 0.2) is 4.80 Å². The third-order valence-corrected chi connectivity index (χ3v) is 6.33. The number of methoxy groups -OCH3 is 2. The Balaban J connectivity index is 1.77. The van der Waals surface area contributed by atoms with Crippen molar-refractivity contribution in [3.05, 3.63) is 65.5 Å². The van der Waals surface area contributed by atoms with Gasteiger partial charge in [0, 0.05) is 23.6 Å². The van der Waals surface area contributed by atoms with E-state index in [1.165, 1.54) is 18.4 Å². The second-order valence-corrected chi connectivity index (χ2v) is 8.41. The zero-order chi connectivity index (χ0) is 21.5. The van der Waals surface area contributed by atoms with Crippen molar-refractivity contribution in [3.8, 4) is 5.75 Å². The summed E-state index contributed by atoms with van der Waals surface area (Å²) in [5.41, 5.74) is 1.36. The number of esters is 1. The predicted octanol–water partition coefficient (Wildman–Crippen LogP) is 4.29. The molecule has 1 aromatic heterocycles. The molecule has 0 aliphatic rings. The standard InChI is InChI=1S/C22H22N2O4S2/c1-4-12-24-18-10-5-15(21(26)28-3)14-19(18)30-22(24)23-20(25)11-13-29-17-8-6-16(27-2)7-9-17/h4-10,14H,1,11-13H2,2-3H3. The highest BCUT2D eigenvalue weighted by Crippen LogP contribution is 2.22. The summed E-state index contributed by atoms with van der Waals surface area (Å²) >= 11 is 2.97. The smallest absolute Gasteiger partial charge is 0.337 e. The fourth-order valence-corrected chi connectivity index (χ4v) is 4.74. The number of thioether (sulfide) groups is 1. The number of thiazole rings is 1. The number of hydrogen-bond donors (Lipinski definition) is 0. The van der Waals surface area contributed by atoms with E-state index >= 15 is 0 Å². The molecule has 0 aliphatic heterocycles. The Morgan fingerprint density at radius 2 is 1.97 bits per heavy atom. The Labute approximate surface area is 182 Å². The van der Waals surface area contributed by atoms with Gasteiger partial charge >= 0.3 is 5.97 Å². The predicted molar refractivity (Wildman–Crippen MR) is 120 cm³/mol. The number of nitrogens with zero attached hydrogens (tertiary/aromatic N) is 2. The third-order valence-electron chi connectivity index (χ3n) is 4.28. The molecular formula is C22H22N2O4S2. The number of allylic oxidation sites excluding steroid dienone is 1. The van der Waals surface area contributed by atoms with Crippen LogP contribution in [-0.2, 0) is 16.1 Å². The summed E-state index contributed by atoms with van der Waals surface area (Å²) in [6.45, 7) is 4.31. The van der Waals surface area contributed by atoms with Crippen molar-refractivity contribution in [2.24, 2.45) is 4.99 Å². The van der Waals surface area contributed by atoms with Gasteiger partial charge in [-0.15, -0.1) is 18.3 Å². The quantitative estimate of drug-likeness (QED) is 0.296. The Kier molecular flexibility index (Phi) is 7.48. The molecule has 156 valence electrons. The van der Waals surface area contributed by atoms with E-state index in [1.807, 2.05) is 34.9 Å². The van der Waals surface area contributed by atoms with E-state index < -0.39 is 5.97 Å². The van der Waals surface area contributed by atoms with Crippen LogP contribution in [0.1, 0.15) is 16.8 Å². The summed E-state index contributed by atoms with van der Waals surface area (Å²) in [4.78, 5) is 30.2. The van der Waals surface area contributed by atoms with Crippen molar-refractivity contribution in [1.29, 1.82) is 0 Å². The van der Waals surface area contributed by atoms with Crippen LogP contribution in [0.2, 0.25) is 0 Å². The Hall–Kier alpha value is -2.84. The van der Waals surface area contributed by atoms with Gasteiger partial charge in [-0.3, -0.25) is 4.79 Å². The maximum atomic E-state index is 12.5. The lowest BCUT2D eigenvalue weighted by Crippen LogP contribution is -2.16. The first-order chi connectivity index (χ1) is 14.5. The normalized spacial score (nSPS) is 11.5. The molecule has 3 aromatic rings. The van der Waals surface area contributed by atoms with Crippen LogP contribution in [0.3, 0.4) is 0 Å². The van der Waals surface area contributed by atoms with Gasteiger partial charge in [-0.25, -0.2) is 4.79 Å². The number of amides is 1. The van der Waals surface area contributed by atoms with Crippen LogP contribution in [0.25, 0.3) is 10.2 Å². The van der Waals surface area contributed by atoms with E-state index in [1.54, 1.807) is 37.1 Å². The highest BCUT2D eigenvalue weighted by molar-refractivity contribution is 7.99. The lowest BCUT2D eigenvalue weighted by atomic mass is 10.2. The largest absolute Gasteiger partial charge is 0.497 e. The van der Waals surface area contributed by atoms with Crippen LogP contribution in [-0.4, -0.2) is 36.4 Å². The summed E-state index contributed by atoms with van der Waals surface area (Å²) in [6.07, 6.45) is 2.08. The molecule has 0 atom stereocenters. The van der Waals surface area contributed by atoms with Crippen LogP contribution in [0, 0.1) is 0 Å². The zero-order valence-corrected chi connectivity index (χ0v) is 18.4. The second kappa shape index (κ2) is 10.3. The SMILES string of the molecule is C=CCn1c(=NC(=O)CCSc2ccc(OC)cc2)sc2cc(C(=O)OC)ccc21. The number of rotatable bonds is 8. The summed E-state index contributed by atoms with van der Waals surface area (Å²) in [5, 5.41) is 0. The highest BCUT2D eigenvalue weighted by atomic mass is 32.2. The highest BCUT2D eigenvalue weighted by Gasteiger charge is 2.11. The van der Waals surface area contributed by atoms with Crippen molar-refractivity contribution >= 4 is 45.2 Å². The molecular weight excluding hydrogens is 420 g/mol. The third kappa shape index (κ3) is 5.20. The molecule has 1 amide bonds. The maximum absolute atomic E-state index is 12.5. The molecule has 0 bridgehead atoms. The molecule has 0 aliphatic carbocycles. The first kappa shape index (κ1) is 21.9. The van der Waals surface area contributed by atoms with Gasteiger partial charge in [-0.05, 0) is 42.5 Å². The summed E-state index contributed by atoms with van der Waals surface area (Å²) < 4.78 is 12.7. The molecule has 6 nitrogen and oxygen atoms in total. The lowest BCUT2D eigenvalue weighted by Gasteiger charge is -2.03. The molecule has 0 radical (unpaired) electrons. The number of aromatic nitrogens is 1. The number of fused-ring (bicyclic) bond motifs is 1. The summed E-state index contributed by atoms with van der Waals surface area (Å²) in [5.74, 6) is 0.852. The van der Waals surface area contributed by atoms with Gasteiger partial charge in [0.2, 0.25) is 5.91 Å². The molecule has 30 heavy (non-hydrogen) atoms. The van der Waals surface area contributed by atoms with Crippen LogP contribution < -0.4 is 9.54 Å². The number of carbonyl (C=O) groups excluding carboxylic acids is 2. The maximum Gasteiger partial charge on any atom is 0.337 e. The van der Waals surface area contributed by atoms with Crippen molar-refractivity contribution < 1.29 is 19.1 Å². The van der Waals surface area contributed by atoms with Gasteiger partial charge in [-0.2, -0.15) is 4.99 Å². The molecule has 0 unspecified atom stereocenters. The van der Waals surface area contributed by atoms with Crippen LogP contribution in [0.15, 0.2) is 65.0 Å². The molecule has 2 aromatic carbocycles. The van der Waals surface area contributed by atoms with E-state index in [4.69, 9.17) is 9.47 Å². The van der Waals surface area contributed by atoms with E-state index in [0.29, 0.717) is 29.1 Å². The topological polar surface area (TPSA) is 69.9 Å². The average Bonchev–Trinajstić information content (AvgIpc) is 3.10. The van der Waals surface area contributed by atoms with Gasteiger partial charge in [0.05, 0.1) is 30.0 Å². The number of hydrogen-bond acceptors (Lipinski definition) is 6. The van der Waals surface area contributed by atoms with E-state index in [0.717, 1.165) is 20.9 Å². The van der Waals surface area contributed by atoms with Crippen molar-refractivity contribution in [2.75, 3.05) is 20.0 Å². The fourth-order valence-electron chi connectivity index (χ4n) is 2.80. The van der Waals surface area contributed by atoms with E-state index in [-0.39, 0.29) is 5.91 Å². The Bertz CT molecular complexity index is 1130. The molecule has 1 heterocycles. The molecule has 8 heteroatoms. The van der Waals surface area contributed by atoms with Crippen LogP contribution in [0.5, 0.6) is 5.75 Å². The number of benzene rings is 2. The van der Waals surface area contributed by atoms with E-state index in [9.17, 15) is 9.59 Å². The van der Waals surface area contributed by atoms with Crippen molar-refractivity contribution in [1.82, 2.24) is 4.57 Å². The first-order valence-corrected chi connectivity index (χ1v) is 11.0. The minimum Gasteiger partial charge on any atom is -0.497 e. The Morgan fingerprint density at radius 3 is 2.63 bits per heavy atom. The van der Waals surface area contributed by atoms with Crippen LogP contribution in [0.4, 0.5) is 0 Å². The van der Waals surface area contributed by atoms with Crippen molar-refractivity contribution in [2.45, 2.75) is 17.9 Å². The van der Waals surface area contributed by atoms with Gasteiger partial charge in [0.1, 0.15) is 5.75 Å². The number of carbonyl (C=O) groups is 2. The molecule has 3 rings (SSSR count).